The van der Waals surface area contributed by atoms with Crippen molar-refractivity contribution in [1.29, 1.82) is 0 Å². The summed E-state index contributed by atoms with van der Waals surface area (Å²) in [5, 5.41) is 17.8. The van der Waals surface area contributed by atoms with Crippen LogP contribution < -0.4 is 20.4 Å². The molecule has 4 aromatic carbocycles. The number of benzene rings is 4. The molecule has 2 N–H and O–H groups in total. The zero-order valence-corrected chi connectivity index (χ0v) is 25.7. The maximum Gasteiger partial charge on any atom is 0.343 e. The van der Waals surface area contributed by atoms with Crippen LogP contribution in [0.5, 0.6) is 5.75 Å². The highest BCUT2D eigenvalue weighted by atomic mass is 35.5. The number of anilines is 1. The van der Waals surface area contributed by atoms with Crippen LogP contribution in [-0.4, -0.2) is 42.0 Å². The smallest absolute Gasteiger partial charge is 0.343 e. The van der Waals surface area contributed by atoms with Gasteiger partial charge in [-0.05, 0) is 74.0 Å². The number of esters is 1. The Labute approximate surface area is 270 Å². The number of nitrogens with zero attached hydrogens (tertiary/aromatic N) is 3. The molecule has 0 radical (unpaired) electrons. The highest BCUT2D eigenvalue weighted by molar-refractivity contribution is 6.34. The van der Waals surface area contributed by atoms with E-state index in [1.807, 2.05) is 24.3 Å². The predicted molar refractivity (Wildman–Crippen MR) is 177 cm³/mol. The predicted octanol–water partition coefficient (Wildman–Crippen LogP) is 6.23. The number of hydrogen-bond acceptors (Lipinski definition) is 8. The maximum atomic E-state index is 13.3. The third-order valence-electron chi connectivity index (χ3n) is 6.75. The van der Waals surface area contributed by atoms with Crippen LogP contribution in [0.15, 0.2) is 108 Å². The molecule has 46 heavy (non-hydrogen) atoms. The number of amides is 2. The largest absolute Gasteiger partial charge is 0.422 e. The van der Waals surface area contributed by atoms with Gasteiger partial charge in [0.25, 0.3) is 17.5 Å². The van der Waals surface area contributed by atoms with Gasteiger partial charge in [-0.3, -0.25) is 19.7 Å². The summed E-state index contributed by atoms with van der Waals surface area (Å²) < 4.78 is 5.47. The summed E-state index contributed by atoms with van der Waals surface area (Å²) in [7, 11) is 0. The van der Waals surface area contributed by atoms with Crippen molar-refractivity contribution in [2.24, 2.45) is 5.10 Å². The first-order valence-electron chi connectivity index (χ1n) is 14.2. The van der Waals surface area contributed by atoms with Crippen molar-refractivity contribution in [2.75, 3.05) is 18.0 Å². The quantitative estimate of drug-likeness (QED) is 0.0467. The van der Waals surface area contributed by atoms with Crippen LogP contribution >= 0.6 is 11.6 Å². The van der Waals surface area contributed by atoms with E-state index in [0.717, 1.165) is 18.8 Å². The van der Waals surface area contributed by atoms with Crippen LogP contribution in [0.1, 0.15) is 45.7 Å². The third-order valence-corrected chi connectivity index (χ3v) is 7.08. The Morgan fingerprint density at radius 3 is 2.22 bits per heavy atom. The lowest BCUT2D eigenvalue weighted by Gasteiger charge is -2.21. The number of hydrazone groups is 1. The molecule has 0 aromatic heterocycles. The number of nitro benzene ring substituents is 1. The lowest BCUT2D eigenvalue weighted by molar-refractivity contribution is -0.384. The Balaban J connectivity index is 1.53. The van der Waals surface area contributed by atoms with E-state index >= 15 is 0 Å². The van der Waals surface area contributed by atoms with Crippen molar-refractivity contribution < 1.29 is 24.0 Å². The molecule has 0 aliphatic rings. The summed E-state index contributed by atoms with van der Waals surface area (Å²) in [6.45, 7) is 5.80. The molecule has 0 spiro atoms. The molecule has 11 nitrogen and oxygen atoms in total. The van der Waals surface area contributed by atoms with Crippen LogP contribution in [0.4, 0.5) is 11.4 Å². The summed E-state index contributed by atoms with van der Waals surface area (Å²) in [4.78, 5) is 51.5. The Kier molecular flexibility index (Phi) is 11.3. The average molecular weight is 640 g/mol. The highest BCUT2D eigenvalue weighted by Gasteiger charge is 2.17. The lowest BCUT2D eigenvalue weighted by Crippen LogP contribution is -2.33. The van der Waals surface area contributed by atoms with Crippen LogP contribution in [0.2, 0.25) is 5.02 Å². The van der Waals surface area contributed by atoms with E-state index in [9.17, 15) is 24.5 Å². The van der Waals surface area contributed by atoms with Gasteiger partial charge < -0.3 is 15.0 Å². The number of nitrogens with one attached hydrogen (secondary N) is 2. The molecule has 0 saturated carbocycles. The van der Waals surface area contributed by atoms with Crippen LogP contribution in [0, 0.1) is 10.1 Å². The summed E-state index contributed by atoms with van der Waals surface area (Å²) in [6, 6.07) is 25.4. The van der Waals surface area contributed by atoms with Gasteiger partial charge in [-0.15, -0.1) is 0 Å². The molecular formula is C34H30ClN5O6. The molecule has 0 fully saturated rings. The maximum absolute atomic E-state index is 13.3. The van der Waals surface area contributed by atoms with E-state index in [0.29, 0.717) is 11.1 Å². The summed E-state index contributed by atoms with van der Waals surface area (Å²) >= 11 is 6.21. The Morgan fingerprint density at radius 1 is 0.913 bits per heavy atom. The second-order valence-electron chi connectivity index (χ2n) is 9.69. The highest BCUT2D eigenvalue weighted by Crippen LogP contribution is 2.20. The van der Waals surface area contributed by atoms with Gasteiger partial charge in [0.1, 0.15) is 11.4 Å². The number of para-hydroxylation sites is 1. The average Bonchev–Trinajstić information content (AvgIpc) is 3.06. The number of hydrogen-bond donors (Lipinski definition) is 2. The fourth-order valence-corrected chi connectivity index (χ4v) is 4.53. The van der Waals surface area contributed by atoms with Gasteiger partial charge >= 0.3 is 5.97 Å². The number of nitro groups is 1. The van der Waals surface area contributed by atoms with Gasteiger partial charge in [0.2, 0.25) is 0 Å². The zero-order chi connectivity index (χ0) is 33.1. The molecule has 0 aliphatic heterocycles. The van der Waals surface area contributed by atoms with E-state index < -0.39 is 22.7 Å². The molecule has 0 atom stereocenters. The zero-order valence-electron chi connectivity index (χ0n) is 25.0. The topological polar surface area (TPSA) is 143 Å². The van der Waals surface area contributed by atoms with Gasteiger partial charge in [-0.1, -0.05) is 48.0 Å². The number of ether oxygens (including phenoxy) is 1. The number of rotatable bonds is 12. The van der Waals surface area contributed by atoms with Gasteiger partial charge in [0.05, 0.1) is 27.3 Å². The first-order valence-corrected chi connectivity index (χ1v) is 14.6. The summed E-state index contributed by atoms with van der Waals surface area (Å²) in [5.41, 5.74) is 4.49. The van der Waals surface area contributed by atoms with Gasteiger partial charge in [-0.25, -0.2) is 10.2 Å². The molecule has 0 saturated heterocycles. The van der Waals surface area contributed by atoms with Gasteiger partial charge in [-0.2, -0.15) is 5.10 Å². The van der Waals surface area contributed by atoms with Crippen molar-refractivity contribution in [3.8, 4) is 5.75 Å². The minimum absolute atomic E-state index is 0.0875. The molecule has 4 rings (SSSR count). The molecule has 2 amide bonds. The Hall–Kier alpha value is -5.81. The van der Waals surface area contributed by atoms with E-state index in [2.05, 4.69) is 34.6 Å². The third kappa shape index (κ3) is 8.64. The molecule has 0 heterocycles. The van der Waals surface area contributed by atoms with E-state index in [1.54, 1.807) is 42.5 Å². The standard InChI is InChI=1S/C34H30ClN5O6/c1-3-39(4-2)26-17-13-23(14-18-26)21-30(37-32(41)28-10-6-7-11-29(28)35)33(42)38-36-22-25-9-5-8-12-31(25)46-34(43)24-15-19-27(20-16-24)40(44)45/h5-22H,3-4H2,1-2H3,(H,37,41)(H,38,42). The van der Waals surface area contributed by atoms with Crippen molar-refractivity contribution in [3.05, 3.63) is 140 Å². The van der Waals surface area contributed by atoms with E-state index in [4.69, 9.17) is 16.3 Å². The van der Waals surface area contributed by atoms with Gasteiger partial charge in [0, 0.05) is 36.5 Å². The SMILES string of the molecule is CCN(CC)c1ccc(C=C(NC(=O)c2ccccc2Cl)C(=O)NN=Cc2ccccc2OC(=O)c2ccc([N+](=O)[O-])cc2)cc1. The second kappa shape index (κ2) is 15.8. The number of carbonyl (C=O) groups is 3. The fraction of sp³-hybridized carbons (Fsp3) is 0.118. The minimum Gasteiger partial charge on any atom is -0.422 e. The van der Waals surface area contributed by atoms with E-state index in [1.165, 1.54) is 42.6 Å². The lowest BCUT2D eigenvalue weighted by atomic mass is 10.1. The normalized spacial score (nSPS) is 11.2. The fourth-order valence-electron chi connectivity index (χ4n) is 4.31. The molecule has 0 bridgehead atoms. The number of halogens is 1. The van der Waals surface area contributed by atoms with Crippen molar-refractivity contribution in [1.82, 2.24) is 10.7 Å². The molecule has 0 unspecified atom stereocenters. The Morgan fingerprint density at radius 2 is 1.57 bits per heavy atom. The number of non-ortho nitro benzene ring substituents is 1. The molecule has 4 aromatic rings. The molecular weight excluding hydrogens is 610 g/mol. The molecule has 234 valence electrons. The molecule has 12 heteroatoms. The second-order valence-corrected chi connectivity index (χ2v) is 10.1. The van der Waals surface area contributed by atoms with Crippen LogP contribution in [0.25, 0.3) is 6.08 Å². The van der Waals surface area contributed by atoms with Gasteiger partial charge in [0.15, 0.2) is 0 Å². The van der Waals surface area contributed by atoms with Crippen molar-refractivity contribution in [3.63, 3.8) is 0 Å². The van der Waals surface area contributed by atoms with E-state index in [-0.39, 0.29) is 33.3 Å². The number of carbonyl (C=O) groups excluding carboxylic acids is 3. The first-order chi connectivity index (χ1) is 22.2. The summed E-state index contributed by atoms with van der Waals surface area (Å²) in [6.07, 6.45) is 2.80. The van der Waals surface area contributed by atoms with Crippen molar-refractivity contribution >= 4 is 53.0 Å². The molecule has 0 aliphatic carbocycles. The van der Waals surface area contributed by atoms with Crippen molar-refractivity contribution in [2.45, 2.75) is 13.8 Å². The minimum atomic E-state index is -0.737. The van der Waals surface area contributed by atoms with Crippen LogP contribution in [0.3, 0.4) is 0 Å². The monoisotopic (exact) mass is 639 g/mol. The first kappa shape index (κ1) is 33.1. The summed E-state index contributed by atoms with van der Waals surface area (Å²) in [5.74, 6) is -1.90. The Bertz CT molecular complexity index is 1780. The van der Waals surface area contributed by atoms with Crippen LogP contribution in [-0.2, 0) is 4.79 Å².